The Bertz CT molecular complexity index is 573. The second kappa shape index (κ2) is 6.65. The molecule has 0 saturated heterocycles. The minimum Gasteiger partial charge on any atom is -0.508 e. The lowest BCUT2D eigenvalue weighted by atomic mass is 10.2. The molecule has 1 aromatic heterocycles. The minimum absolute atomic E-state index is 0.222. The van der Waals surface area contributed by atoms with Crippen molar-refractivity contribution < 1.29 is 14.6 Å². The molecule has 0 spiro atoms. The third kappa shape index (κ3) is 3.32. The van der Waals surface area contributed by atoms with Crippen LogP contribution in [0.2, 0.25) is 0 Å². The smallest absolute Gasteiger partial charge is 0.237 e. The Hall–Kier alpha value is -2.43. The summed E-state index contributed by atoms with van der Waals surface area (Å²) in [6.07, 6.45) is 1.68. The molecular formula is C15H18N2O3. The number of methoxy groups -OCH3 is 1. The molecule has 0 atom stereocenters. The Morgan fingerprint density at radius 3 is 2.90 bits per heavy atom. The lowest BCUT2D eigenvalue weighted by Gasteiger charge is -2.12. The standard InChI is InChI=1S/C15H18N2O3/c1-3-20-15-13(5-4-8-16-15)17-10-11-9-12(19-2)6-7-14(11)18/h4-9,17-18H,3,10H2,1-2H3. The quantitative estimate of drug-likeness (QED) is 0.848. The average Bonchev–Trinajstić information content (AvgIpc) is 2.48. The van der Waals surface area contributed by atoms with E-state index in [1.165, 1.54) is 0 Å². The summed E-state index contributed by atoms with van der Waals surface area (Å²) in [4.78, 5) is 4.16. The zero-order valence-electron chi connectivity index (χ0n) is 11.6. The van der Waals surface area contributed by atoms with Gasteiger partial charge in [-0.05, 0) is 37.3 Å². The van der Waals surface area contributed by atoms with Gasteiger partial charge in [0, 0.05) is 18.3 Å². The lowest BCUT2D eigenvalue weighted by molar-refractivity contribution is 0.328. The van der Waals surface area contributed by atoms with Gasteiger partial charge in [-0.25, -0.2) is 4.98 Å². The minimum atomic E-state index is 0.222. The first-order valence-corrected chi connectivity index (χ1v) is 6.42. The van der Waals surface area contributed by atoms with Gasteiger partial charge in [-0.2, -0.15) is 0 Å². The third-order valence-electron chi connectivity index (χ3n) is 2.81. The number of phenolic OH excluding ortho intramolecular Hbond substituents is 1. The van der Waals surface area contributed by atoms with Gasteiger partial charge in [-0.3, -0.25) is 0 Å². The van der Waals surface area contributed by atoms with E-state index in [1.54, 1.807) is 31.5 Å². The van der Waals surface area contributed by atoms with E-state index in [9.17, 15) is 5.11 Å². The summed E-state index contributed by atoms with van der Waals surface area (Å²) in [6.45, 7) is 2.91. The molecule has 20 heavy (non-hydrogen) atoms. The third-order valence-corrected chi connectivity index (χ3v) is 2.81. The predicted octanol–water partition coefficient (Wildman–Crippen LogP) is 2.81. The second-order valence-electron chi connectivity index (χ2n) is 4.14. The highest BCUT2D eigenvalue weighted by molar-refractivity contribution is 5.53. The van der Waals surface area contributed by atoms with Crippen LogP contribution in [-0.4, -0.2) is 23.8 Å². The summed E-state index contributed by atoms with van der Waals surface area (Å²) in [7, 11) is 1.60. The van der Waals surface area contributed by atoms with Crippen LogP contribution < -0.4 is 14.8 Å². The van der Waals surface area contributed by atoms with Gasteiger partial charge in [0.2, 0.25) is 5.88 Å². The van der Waals surface area contributed by atoms with E-state index in [-0.39, 0.29) is 5.75 Å². The molecular weight excluding hydrogens is 256 g/mol. The predicted molar refractivity (Wildman–Crippen MR) is 77.4 cm³/mol. The number of pyridine rings is 1. The molecule has 5 heteroatoms. The maximum atomic E-state index is 9.84. The number of ether oxygens (including phenoxy) is 2. The van der Waals surface area contributed by atoms with Crippen LogP contribution in [0.1, 0.15) is 12.5 Å². The lowest BCUT2D eigenvalue weighted by Crippen LogP contribution is -2.04. The Labute approximate surface area is 118 Å². The van der Waals surface area contributed by atoms with Crippen molar-refractivity contribution in [2.75, 3.05) is 19.0 Å². The van der Waals surface area contributed by atoms with Gasteiger partial charge in [0.15, 0.2) is 0 Å². The first kappa shape index (κ1) is 14.0. The van der Waals surface area contributed by atoms with Gasteiger partial charge in [-0.1, -0.05) is 0 Å². The number of hydrogen-bond acceptors (Lipinski definition) is 5. The molecule has 2 rings (SSSR count). The van der Waals surface area contributed by atoms with Gasteiger partial charge < -0.3 is 19.9 Å². The van der Waals surface area contributed by atoms with Crippen LogP contribution >= 0.6 is 0 Å². The Morgan fingerprint density at radius 2 is 2.15 bits per heavy atom. The molecule has 106 valence electrons. The van der Waals surface area contributed by atoms with Crippen molar-refractivity contribution in [1.82, 2.24) is 4.98 Å². The van der Waals surface area contributed by atoms with Crippen LogP contribution in [0.15, 0.2) is 36.5 Å². The van der Waals surface area contributed by atoms with Crippen LogP contribution in [-0.2, 0) is 6.54 Å². The fraction of sp³-hybridized carbons (Fsp3) is 0.267. The highest BCUT2D eigenvalue weighted by Gasteiger charge is 2.07. The van der Waals surface area contributed by atoms with Crippen molar-refractivity contribution >= 4 is 5.69 Å². The molecule has 0 aliphatic carbocycles. The van der Waals surface area contributed by atoms with Crippen molar-refractivity contribution in [3.63, 3.8) is 0 Å². The van der Waals surface area contributed by atoms with E-state index in [4.69, 9.17) is 9.47 Å². The van der Waals surface area contributed by atoms with Gasteiger partial charge in [0.1, 0.15) is 11.5 Å². The zero-order chi connectivity index (χ0) is 14.4. The van der Waals surface area contributed by atoms with E-state index >= 15 is 0 Å². The van der Waals surface area contributed by atoms with Gasteiger partial charge in [-0.15, -0.1) is 0 Å². The Kier molecular flexibility index (Phi) is 4.65. The first-order chi connectivity index (χ1) is 9.74. The van der Waals surface area contributed by atoms with E-state index in [1.807, 2.05) is 19.1 Å². The molecule has 2 N–H and O–H groups in total. The first-order valence-electron chi connectivity index (χ1n) is 6.42. The molecule has 5 nitrogen and oxygen atoms in total. The number of hydrogen-bond donors (Lipinski definition) is 2. The normalized spacial score (nSPS) is 10.1. The van der Waals surface area contributed by atoms with Gasteiger partial charge in [0.25, 0.3) is 0 Å². The number of aromatic hydroxyl groups is 1. The highest BCUT2D eigenvalue weighted by Crippen LogP contribution is 2.26. The molecule has 0 radical (unpaired) electrons. The van der Waals surface area contributed by atoms with E-state index < -0.39 is 0 Å². The van der Waals surface area contributed by atoms with Crippen molar-refractivity contribution in [3.8, 4) is 17.4 Å². The molecule has 0 fully saturated rings. The maximum Gasteiger partial charge on any atom is 0.237 e. The van der Waals surface area contributed by atoms with Crippen molar-refractivity contribution in [1.29, 1.82) is 0 Å². The van der Waals surface area contributed by atoms with Crippen LogP contribution in [0.25, 0.3) is 0 Å². The van der Waals surface area contributed by atoms with Crippen LogP contribution in [0, 0.1) is 0 Å². The molecule has 0 aliphatic rings. The van der Waals surface area contributed by atoms with E-state index in [2.05, 4.69) is 10.3 Å². The topological polar surface area (TPSA) is 63.6 Å². The summed E-state index contributed by atoms with van der Waals surface area (Å²) in [6, 6.07) is 8.83. The molecule has 2 aromatic rings. The molecule has 0 bridgehead atoms. The molecule has 0 saturated carbocycles. The largest absolute Gasteiger partial charge is 0.508 e. The molecule has 0 unspecified atom stereocenters. The maximum absolute atomic E-state index is 9.84. The van der Waals surface area contributed by atoms with Crippen molar-refractivity contribution in [2.45, 2.75) is 13.5 Å². The van der Waals surface area contributed by atoms with E-state index in [0.29, 0.717) is 24.8 Å². The molecule has 0 aliphatic heterocycles. The Balaban J connectivity index is 2.12. The summed E-state index contributed by atoms with van der Waals surface area (Å²) in [5, 5.41) is 13.0. The van der Waals surface area contributed by atoms with Crippen molar-refractivity contribution in [3.05, 3.63) is 42.1 Å². The Morgan fingerprint density at radius 1 is 1.30 bits per heavy atom. The van der Waals surface area contributed by atoms with Gasteiger partial charge in [0.05, 0.1) is 19.4 Å². The van der Waals surface area contributed by atoms with Crippen LogP contribution in [0.5, 0.6) is 17.4 Å². The fourth-order valence-corrected chi connectivity index (χ4v) is 1.80. The number of nitrogens with one attached hydrogen (secondary N) is 1. The molecule has 0 amide bonds. The number of aromatic nitrogens is 1. The van der Waals surface area contributed by atoms with Crippen LogP contribution in [0.4, 0.5) is 5.69 Å². The highest BCUT2D eigenvalue weighted by atomic mass is 16.5. The van der Waals surface area contributed by atoms with Crippen LogP contribution in [0.3, 0.4) is 0 Å². The summed E-state index contributed by atoms with van der Waals surface area (Å²) in [5.74, 6) is 1.48. The fourth-order valence-electron chi connectivity index (χ4n) is 1.80. The monoisotopic (exact) mass is 274 g/mol. The second-order valence-corrected chi connectivity index (χ2v) is 4.14. The van der Waals surface area contributed by atoms with E-state index in [0.717, 1.165) is 11.3 Å². The molecule has 1 aromatic carbocycles. The van der Waals surface area contributed by atoms with Gasteiger partial charge >= 0.3 is 0 Å². The number of rotatable bonds is 6. The number of nitrogens with zero attached hydrogens (tertiary/aromatic N) is 1. The SMILES string of the molecule is CCOc1ncccc1NCc1cc(OC)ccc1O. The molecule has 1 heterocycles. The summed E-state index contributed by atoms with van der Waals surface area (Å²) < 4.78 is 10.6. The van der Waals surface area contributed by atoms with Crippen molar-refractivity contribution in [2.24, 2.45) is 0 Å². The average molecular weight is 274 g/mol. The summed E-state index contributed by atoms with van der Waals surface area (Å²) in [5.41, 5.74) is 1.53. The number of benzene rings is 1. The summed E-state index contributed by atoms with van der Waals surface area (Å²) >= 11 is 0. The number of anilines is 1. The zero-order valence-corrected chi connectivity index (χ0v) is 11.6. The number of phenols is 1.